The van der Waals surface area contributed by atoms with Crippen molar-refractivity contribution >= 4 is 28.3 Å². The van der Waals surface area contributed by atoms with Crippen LogP contribution < -0.4 is 11.1 Å². The number of hydrogen-bond acceptors (Lipinski definition) is 5. The van der Waals surface area contributed by atoms with E-state index in [9.17, 15) is 9.59 Å². The number of nitrogens with one attached hydrogen (secondary N) is 1. The average Bonchev–Trinajstić information content (AvgIpc) is 3.14. The van der Waals surface area contributed by atoms with Gasteiger partial charge < -0.3 is 9.73 Å². The van der Waals surface area contributed by atoms with Gasteiger partial charge in [0.1, 0.15) is 0 Å². The van der Waals surface area contributed by atoms with Crippen LogP contribution in [0.5, 0.6) is 0 Å². The van der Waals surface area contributed by atoms with Gasteiger partial charge in [-0.3, -0.25) is 9.36 Å². The summed E-state index contributed by atoms with van der Waals surface area (Å²) in [5.41, 5.74) is 3.17. The summed E-state index contributed by atoms with van der Waals surface area (Å²) in [5.74, 6) is -0.551. The molecular formula is C17H19N3O3S. The van der Waals surface area contributed by atoms with E-state index in [2.05, 4.69) is 17.2 Å². The monoisotopic (exact) mass is 345 g/mol. The molecule has 0 aliphatic heterocycles. The molecule has 0 saturated heterocycles. The average molecular weight is 345 g/mol. The van der Waals surface area contributed by atoms with E-state index in [1.807, 2.05) is 24.4 Å². The zero-order valence-electron chi connectivity index (χ0n) is 13.7. The van der Waals surface area contributed by atoms with Crippen molar-refractivity contribution in [2.24, 2.45) is 0 Å². The number of hydrogen-bond donors (Lipinski definition) is 1. The molecule has 3 aromatic rings. The third-order valence-electron chi connectivity index (χ3n) is 3.75. The number of carbonyl (C=O) groups excluding carboxylic acids is 1. The van der Waals surface area contributed by atoms with Crippen LogP contribution in [0, 0.1) is 6.92 Å². The van der Waals surface area contributed by atoms with Gasteiger partial charge in [0.25, 0.3) is 0 Å². The summed E-state index contributed by atoms with van der Waals surface area (Å²) in [6, 6.07) is 5.55. The molecule has 0 bridgehead atoms. The molecule has 1 N–H and O–H groups in total. The van der Waals surface area contributed by atoms with Gasteiger partial charge in [-0.1, -0.05) is 13.0 Å². The molecule has 6 nitrogen and oxygen atoms in total. The molecule has 1 amide bonds. The van der Waals surface area contributed by atoms with E-state index in [4.69, 9.17) is 4.42 Å². The number of carbonyl (C=O) groups is 1. The van der Waals surface area contributed by atoms with Crippen molar-refractivity contribution in [1.29, 1.82) is 0 Å². The van der Waals surface area contributed by atoms with Crippen LogP contribution in [0.1, 0.15) is 29.6 Å². The smallest absolute Gasteiger partial charge is 0.408 e. The van der Waals surface area contributed by atoms with Gasteiger partial charge in [0, 0.05) is 18.3 Å². The number of oxazole rings is 1. The normalized spacial score (nSPS) is 11.1. The van der Waals surface area contributed by atoms with Crippen LogP contribution in [0.4, 0.5) is 0 Å². The van der Waals surface area contributed by atoms with Crippen LogP contribution in [0.2, 0.25) is 0 Å². The number of aryl methyl sites for hydroxylation is 3. The maximum atomic E-state index is 12.0. The van der Waals surface area contributed by atoms with Crippen LogP contribution >= 0.6 is 11.3 Å². The van der Waals surface area contributed by atoms with Crippen LogP contribution in [-0.4, -0.2) is 15.5 Å². The van der Waals surface area contributed by atoms with Gasteiger partial charge in [0.05, 0.1) is 22.8 Å². The fourth-order valence-corrected chi connectivity index (χ4v) is 3.21. The molecule has 0 atom stereocenters. The number of benzene rings is 1. The fourth-order valence-electron chi connectivity index (χ4n) is 2.47. The second-order valence-electron chi connectivity index (χ2n) is 5.60. The minimum Gasteiger partial charge on any atom is -0.408 e. The molecule has 7 heteroatoms. The summed E-state index contributed by atoms with van der Waals surface area (Å²) in [6.45, 7) is 4.70. The highest BCUT2D eigenvalue weighted by molar-refractivity contribution is 7.09. The molecule has 126 valence electrons. The highest BCUT2D eigenvalue weighted by Crippen LogP contribution is 2.15. The minimum atomic E-state index is -0.435. The summed E-state index contributed by atoms with van der Waals surface area (Å²) in [7, 11) is 0. The van der Waals surface area contributed by atoms with E-state index in [-0.39, 0.29) is 12.3 Å². The molecule has 3 rings (SSSR count). The zero-order chi connectivity index (χ0) is 17.1. The first-order chi connectivity index (χ1) is 11.6. The number of rotatable bonds is 6. The Bertz CT molecular complexity index is 923. The SMILES string of the molecule is CCc1nc(CNC(=O)CCn2c(=O)oc3ccc(C)cc32)cs1. The molecule has 2 aromatic heterocycles. The second kappa shape index (κ2) is 7.00. The van der Waals surface area contributed by atoms with Crippen molar-refractivity contribution in [1.82, 2.24) is 14.9 Å². The zero-order valence-corrected chi connectivity index (χ0v) is 14.5. The van der Waals surface area contributed by atoms with E-state index < -0.39 is 5.76 Å². The van der Waals surface area contributed by atoms with E-state index in [1.165, 1.54) is 4.57 Å². The van der Waals surface area contributed by atoms with Gasteiger partial charge in [-0.15, -0.1) is 11.3 Å². The fraction of sp³-hybridized carbons (Fsp3) is 0.353. The van der Waals surface area contributed by atoms with Crippen LogP contribution in [-0.2, 0) is 24.3 Å². The highest BCUT2D eigenvalue weighted by atomic mass is 32.1. The first-order valence-corrected chi connectivity index (χ1v) is 8.74. The maximum Gasteiger partial charge on any atom is 0.419 e. The van der Waals surface area contributed by atoms with Crippen molar-refractivity contribution in [3.8, 4) is 0 Å². The molecule has 0 unspecified atom stereocenters. The number of thiazole rings is 1. The topological polar surface area (TPSA) is 77.1 Å². The first kappa shape index (κ1) is 16.4. The van der Waals surface area contributed by atoms with E-state index >= 15 is 0 Å². The molecular weight excluding hydrogens is 326 g/mol. The Balaban J connectivity index is 1.61. The largest absolute Gasteiger partial charge is 0.419 e. The summed E-state index contributed by atoms with van der Waals surface area (Å²) >= 11 is 1.60. The Labute approximate surface area is 143 Å². The predicted octanol–water partition coefficient (Wildman–Crippen LogP) is 2.63. The minimum absolute atomic E-state index is 0.116. The molecule has 0 spiro atoms. The predicted molar refractivity (Wildman–Crippen MR) is 93.2 cm³/mol. The third kappa shape index (κ3) is 3.56. The van der Waals surface area contributed by atoms with Crippen LogP contribution in [0.15, 0.2) is 32.8 Å². The number of aromatic nitrogens is 2. The number of fused-ring (bicyclic) bond motifs is 1. The van der Waals surface area contributed by atoms with E-state index in [0.29, 0.717) is 18.7 Å². The standard InChI is InChI=1S/C17H19N3O3S/c1-3-16-19-12(10-24-16)9-18-15(21)6-7-20-13-8-11(2)4-5-14(13)23-17(20)22/h4-5,8,10H,3,6-7,9H2,1-2H3,(H,18,21). The van der Waals surface area contributed by atoms with Gasteiger partial charge in [-0.05, 0) is 31.0 Å². The Morgan fingerprint density at radius 1 is 1.42 bits per heavy atom. The van der Waals surface area contributed by atoms with Crippen LogP contribution in [0.25, 0.3) is 11.1 Å². The highest BCUT2D eigenvalue weighted by Gasteiger charge is 2.11. The van der Waals surface area contributed by atoms with E-state index in [0.717, 1.165) is 28.2 Å². The van der Waals surface area contributed by atoms with Crippen molar-refractivity contribution in [2.45, 2.75) is 39.8 Å². The lowest BCUT2D eigenvalue weighted by molar-refractivity contribution is -0.121. The first-order valence-electron chi connectivity index (χ1n) is 7.87. The molecule has 24 heavy (non-hydrogen) atoms. The van der Waals surface area contributed by atoms with Crippen molar-refractivity contribution in [3.05, 3.63) is 50.4 Å². The van der Waals surface area contributed by atoms with Gasteiger partial charge >= 0.3 is 5.76 Å². The Morgan fingerprint density at radius 2 is 2.25 bits per heavy atom. The van der Waals surface area contributed by atoms with Gasteiger partial charge in [0.15, 0.2) is 5.58 Å². The summed E-state index contributed by atoms with van der Waals surface area (Å²) < 4.78 is 6.70. The summed E-state index contributed by atoms with van der Waals surface area (Å²) in [4.78, 5) is 28.4. The second-order valence-corrected chi connectivity index (χ2v) is 6.55. The lowest BCUT2D eigenvalue weighted by atomic mass is 10.2. The molecule has 0 aliphatic rings. The van der Waals surface area contributed by atoms with Crippen molar-refractivity contribution < 1.29 is 9.21 Å². The Morgan fingerprint density at radius 3 is 3.00 bits per heavy atom. The molecule has 0 fully saturated rings. The summed E-state index contributed by atoms with van der Waals surface area (Å²) in [5, 5.41) is 5.85. The Hall–Kier alpha value is -2.41. The summed E-state index contributed by atoms with van der Waals surface area (Å²) in [6.07, 6.45) is 1.11. The van der Waals surface area contributed by atoms with Gasteiger partial charge in [0.2, 0.25) is 5.91 Å². The Kier molecular flexibility index (Phi) is 4.80. The van der Waals surface area contributed by atoms with Crippen molar-refractivity contribution in [3.63, 3.8) is 0 Å². The van der Waals surface area contributed by atoms with E-state index in [1.54, 1.807) is 17.4 Å². The molecule has 2 heterocycles. The molecule has 0 radical (unpaired) electrons. The molecule has 0 saturated carbocycles. The molecule has 1 aromatic carbocycles. The third-order valence-corrected chi connectivity index (χ3v) is 4.80. The quantitative estimate of drug-likeness (QED) is 0.745. The number of nitrogens with zero attached hydrogens (tertiary/aromatic N) is 2. The van der Waals surface area contributed by atoms with Gasteiger partial charge in [-0.25, -0.2) is 9.78 Å². The lowest BCUT2D eigenvalue weighted by Gasteiger charge is -2.04. The van der Waals surface area contributed by atoms with Crippen LogP contribution in [0.3, 0.4) is 0 Å². The maximum absolute atomic E-state index is 12.0. The van der Waals surface area contributed by atoms with Crippen molar-refractivity contribution in [2.75, 3.05) is 0 Å². The van der Waals surface area contributed by atoms with Gasteiger partial charge in [-0.2, -0.15) is 0 Å². The molecule has 0 aliphatic carbocycles. The lowest BCUT2D eigenvalue weighted by Crippen LogP contribution is -2.25. The number of amides is 1.